The highest BCUT2D eigenvalue weighted by atomic mass is 35.5. The van der Waals surface area contributed by atoms with Crippen LogP contribution in [0.25, 0.3) is 0 Å². The van der Waals surface area contributed by atoms with E-state index in [0.29, 0.717) is 22.1 Å². The fraction of sp³-hybridized carbons (Fsp3) is 0.176. The van der Waals surface area contributed by atoms with E-state index in [1.807, 2.05) is 6.07 Å². The van der Waals surface area contributed by atoms with E-state index in [0.717, 1.165) is 5.56 Å². The van der Waals surface area contributed by atoms with Gasteiger partial charge in [0.1, 0.15) is 5.75 Å². The molecule has 5 nitrogen and oxygen atoms in total. The number of hydrogen-bond donors (Lipinski definition) is 1. The van der Waals surface area contributed by atoms with Gasteiger partial charge in [-0.2, -0.15) is 0 Å². The minimum absolute atomic E-state index is 0.0398. The number of nitrogens with one attached hydrogen (secondary N) is 1. The standard InChI is InChI=1S/C17H15ClN2O3/c1-20-14-7-11(5-6-15(14)23-10-17(20)22)8-16(21)19-13-4-2-3-12(18)9-13/h2-7,9H,8,10H2,1H3,(H,19,21). The fourth-order valence-electron chi connectivity index (χ4n) is 2.38. The maximum Gasteiger partial charge on any atom is 0.264 e. The van der Waals surface area contributed by atoms with Crippen LogP contribution in [0.5, 0.6) is 5.75 Å². The molecule has 0 bridgehead atoms. The first-order chi connectivity index (χ1) is 11.0. The van der Waals surface area contributed by atoms with Gasteiger partial charge in [-0.15, -0.1) is 0 Å². The van der Waals surface area contributed by atoms with Crippen molar-refractivity contribution in [3.8, 4) is 5.75 Å². The van der Waals surface area contributed by atoms with Gasteiger partial charge in [0, 0.05) is 17.8 Å². The molecule has 0 saturated carbocycles. The Balaban J connectivity index is 1.73. The normalized spacial score (nSPS) is 13.3. The summed E-state index contributed by atoms with van der Waals surface area (Å²) in [5.74, 6) is 0.377. The second-order valence-electron chi connectivity index (χ2n) is 5.28. The number of amides is 2. The molecule has 0 atom stereocenters. The van der Waals surface area contributed by atoms with Gasteiger partial charge in [0.05, 0.1) is 12.1 Å². The van der Waals surface area contributed by atoms with E-state index >= 15 is 0 Å². The molecule has 2 aromatic carbocycles. The number of fused-ring (bicyclic) bond motifs is 1. The highest BCUT2D eigenvalue weighted by Crippen LogP contribution is 2.32. The zero-order valence-electron chi connectivity index (χ0n) is 12.5. The van der Waals surface area contributed by atoms with Crippen molar-refractivity contribution in [3.05, 3.63) is 53.1 Å². The Kier molecular flexibility index (Phi) is 4.21. The summed E-state index contributed by atoms with van der Waals surface area (Å²) < 4.78 is 5.37. The van der Waals surface area contributed by atoms with E-state index in [-0.39, 0.29) is 24.8 Å². The van der Waals surface area contributed by atoms with Crippen molar-refractivity contribution >= 4 is 34.8 Å². The summed E-state index contributed by atoms with van der Waals surface area (Å²) in [6.45, 7) is 0.0398. The highest BCUT2D eigenvalue weighted by molar-refractivity contribution is 6.30. The lowest BCUT2D eigenvalue weighted by Gasteiger charge is -2.26. The van der Waals surface area contributed by atoms with E-state index < -0.39 is 0 Å². The number of hydrogen-bond acceptors (Lipinski definition) is 3. The van der Waals surface area contributed by atoms with Crippen LogP contribution in [0.4, 0.5) is 11.4 Å². The minimum atomic E-state index is -0.155. The molecule has 0 spiro atoms. The van der Waals surface area contributed by atoms with Gasteiger partial charge in [0.15, 0.2) is 6.61 Å². The zero-order valence-corrected chi connectivity index (χ0v) is 13.3. The number of carbonyl (C=O) groups excluding carboxylic acids is 2. The minimum Gasteiger partial charge on any atom is -0.482 e. The summed E-state index contributed by atoms with van der Waals surface area (Å²) in [4.78, 5) is 25.4. The quantitative estimate of drug-likeness (QED) is 0.941. The van der Waals surface area contributed by atoms with E-state index in [2.05, 4.69) is 5.32 Å². The number of benzene rings is 2. The Morgan fingerprint density at radius 1 is 1.30 bits per heavy atom. The molecule has 1 N–H and O–H groups in total. The van der Waals surface area contributed by atoms with E-state index in [1.54, 1.807) is 43.4 Å². The monoisotopic (exact) mass is 330 g/mol. The van der Waals surface area contributed by atoms with Gasteiger partial charge in [-0.3, -0.25) is 9.59 Å². The lowest BCUT2D eigenvalue weighted by Crippen LogP contribution is -2.35. The predicted molar refractivity (Wildman–Crippen MR) is 89.1 cm³/mol. The van der Waals surface area contributed by atoms with Gasteiger partial charge in [-0.05, 0) is 35.9 Å². The SMILES string of the molecule is CN1C(=O)COc2ccc(CC(=O)Nc3cccc(Cl)c3)cc21. The van der Waals surface area contributed by atoms with Crippen LogP contribution in [0.15, 0.2) is 42.5 Å². The second kappa shape index (κ2) is 6.30. The first kappa shape index (κ1) is 15.4. The Labute approximate surface area is 138 Å². The molecule has 6 heteroatoms. The summed E-state index contributed by atoms with van der Waals surface area (Å²) in [7, 11) is 1.69. The largest absolute Gasteiger partial charge is 0.482 e. The van der Waals surface area contributed by atoms with Crippen LogP contribution in [0, 0.1) is 0 Å². The smallest absolute Gasteiger partial charge is 0.264 e. The van der Waals surface area contributed by atoms with Crippen LogP contribution in [-0.4, -0.2) is 25.5 Å². The van der Waals surface area contributed by atoms with Gasteiger partial charge in [0.2, 0.25) is 5.91 Å². The Morgan fingerprint density at radius 3 is 2.91 bits per heavy atom. The fourth-order valence-corrected chi connectivity index (χ4v) is 2.57. The van der Waals surface area contributed by atoms with Crippen LogP contribution in [0.2, 0.25) is 5.02 Å². The van der Waals surface area contributed by atoms with Gasteiger partial charge < -0.3 is 15.0 Å². The van der Waals surface area contributed by atoms with Crippen LogP contribution in [0.3, 0.4) is 0 Å². The van der Waals surface area contributed by atoms with E-state index in [1.165, 1.54) is 4.90 Å². The first-order valence-electron chi connectivity index (χ1n) is 7.10. The average Bonchev–Trinajstić information content (AvgIpc) is 2.51. The summed E-state index contributed by atoms with van der Waals surface area (Å²) in [5, 5.41) is 3.36. The molecule has 3 rings (SSSR count). The predicted octanol–water partition coefficient (Wildman–Crippen LogP) is 2.88. The van der Waals surface area contributed by atoms with Crippen LogP contribution in [0.1, 0.15) is 5.56 Å². The molecule has 0 saturated heterocycles. The number of rotatable bonds is 3. The highest BCUT2D eigenvalue weighted by Gasteiger charge is 2.22. The molecule has 23 heavy (non-hydrogen) atoms. The van der Waals surface area contributed by atoms with Crippen LogP contribution >= 0.6 is 11.6 Å². The molecule has 2 amide bonds. The summed E-state index contributed by atoms with van der Waals surface area (Å²) in [6, 6.07) is 12.4. The Hall–Kier alpha value is -2.53. The molecule has 118 valence electrons. The Morgan fingerprint density at radius 2 is 2.13 bits per heavy atom. The molecule has 1 aliphatic heterocycles. The summed E-state index contributed by atoms with van der Waals surface area (Å²) in [5.41, 5.74) is 2.12. The van der Waals surface area contributed by atoms with Crippen molar-refractivity contribution in [3.63, 3.8) is 0 Å². The topological polar surface area (TPSA) is 58.6 Å². The zero-order chi connectivity index (χ0) is 16.4. The third-order valence-corrected chi connectivity index (χ3v) is 3.82. The third kappa shape index (κ3) is 3.46. The lowest BCUT2D eigenvalue weighted by atomic mass is 10.1. The molecule has 0 unspecified atom stereocenters. The number of ether oxygens (including phenoxy) is 1. The first-order valence-corrected chi connectivity index (χ1v) is 7.48. The average molecular weight is 331 g/mol. The Bertz CT molecular complexity index is 776. The third-order valence-electron chi connectivity index (χ3n) is 3.58. The van der Waals surface area contributed by atoms with Gasteiger partial charge in [-0.1, -0.05) is 23.7 Å². The van der Waals surface area contributed by atoms with Crippen LogP contribution in [-0.2, 0) is 16.0 Å². The van der Waals surface area contributed by atoms with Crippen molar-refractivity contribution in [2.45, 2.75) is 6.42 Å². The number of nitrogens with zero attached hydrogens (tertiary/aromatic N) is 1. The van der Waals surface area contributed by atoms with Crippen molar-refractivity contribution in [1.29, 1.82) is 0 Å². The molecular formula is C17H15ClN2O3. The molecule has 1 heterocycles. The second-order valence-corrected chi connectivity index (χ2v) is 5.72. The number of anilines is 2. The molecule has 0 aliphatic carbocycles. The van der Waals surface area contributed by atoms with Crippen LogP contribution < -0.4 is 15.0 Å². The number of carbonyl (C=O) groups is 2. The molecule has 0 aromatic heterocycles. The molecule has 2 aromatic rings. The van der Waals surface area contributed by atoms with E-state index in [4.69, 9.17) is 16.3 Å². The lowest BCUT2D eigenvalue weighted by molar-refractivity contribution is -0.121. The maximum atomic E-state index is 12.1. The summed E-state index contributed by atoms with van der Waals surface area (Å²) >= 11 is 5.89. The molecular weight excluding hydrogens is 316 g/mol. The van der Waals surface area contributed by atoms with Crippen molar-refractivity contribution < 1.29 is 14.3 Å². The van der Waals surface area contributed by atoms with Gasteiger partial charge in [0.25, 0.3) is 5.91 Å². The molecule has 0 radical (unpaired) electrons. The number of halogens is 1. The number of likely N-dealkylation sites (N-methyl/N-ethyl adjacent to an activating group) is 1. The summed E-state index contributed by atoms with van der Waals surface area (Å²) in [6.07, 6.45) is 0.196. The van der Waals surface area contributed by atoms with Gasteiger partial charge in [-0.25, -0.2) is 0 Å². The van der Waals surface area contributed by atoms with Crippen molar-refractivity contribution in [1.82, 2.24) is 0 Å². The molecule has 1 aliphatic rings. The van der Waals surface area contributed by atoms with Crippen molar-refractivity contribution in [2.24, 2.45) is 0 Å². The maximum absolute atomic E-state index is 12.1. The van der Waals surface area contributed by atoms with Crippen molar-refractivity contribution in [2.75, 3.05) is 23.9 Å². The van der Waals surface area contributed by atoms with Gasteiger partial charge >= 0.3 is 0 Å². The molecule has 0 fully saturated rings. The van der Waals surface area contributed by atoms with E-state index in [9.17, 15) is 9.59 Å².